The molecule has 0 aliphatic heterocycles. The van der Waals surface area contributed by atoms with Crippen molar-refractivity contribution in [3.05, 3.63) is 17.7 Å². The van der Waals surface area contributed by atoms with Crippen molar-refractivity contribution in [2.75, 3.05) is 0 Å². The van der Waals surface area contributed by atoms with Crippen LogP contribution in [0, 0.1) is 52.3 Å². The molecule has 39 heavy (non-hydrogen) atoms. The van der Waals surface area contributed by atoms with Crippen LogP contribution in [0.4, 0.5) is 0 Å². The molecule has 4 fully saturated rings. The van der Waals surface area contributed by atoms with Crippen molar-refractivity contribution in [2.24, 2.45) is 52.3 Å². The van der Waals surface area contributed by atoms with Gasteiger partial charge in [-0.3, -0.25) is 0 Å². The minimum Gasteiger partial charge on any atom is -0.504 e. The summed E-state index contributed by atoms with van der Waals surface area (Å²) in [5.74, 6) is 3.42. The highest BCUT2D eigenvalue weighted by Crippen LogP contribution is 2.68. The predicted octanol–water partition coefficient (Wildman–Crippen LogP) is 8.45. The first-order valence-corrected chi connectivity index (χ1v) is 15.9. The number of carbonyl (C=O) groups excluding carboxylic acids is 1. The van der Waals surface area contributed by atoms with E-state index in [4.69, 9.17) is 4.74 Å². The molecule has 5 heteroatoms. The van der Waals surface area contributed by atoms with Gasteiger partial charge in [-0.05, 0) is 122 Å². The Morgan fingerprint density at radius 2 is 1.56 bits per heavy atom. The van der Waals surface area contributed by atoms with Gasteiger partial charge in [0, 0.05) is 0 Å². The molecule has 0 heterocycles. The summed E-state index contributed by atoms with van der Waals surface area (Å²) in [6, 6.07) is 2.32. The summed E-state index contributed by atoms with van der Waals surface area (Å²) in [6.45, 7) is 12.5. The van der Waals surface area contributed by atoms with Crippen LogP contribution in [-0.4, -0.2) is 27.4 Å². The van der Waals surface area contributed by atoms with Crippen molar-refractivity contribution in [2.45, 2.75) is 118 Å². The number of carbonyl (C=O) groups is 1. The lowest BCUT2D eigenvalue weighted by atomic mass is 9.44. The average molecular weight is 541 g/mol. The molecule has 1 aromatic carbocycles. The van der Waals surface area contributed by atoms with E-state index in [9.17, 15) is 20.1 Å². The van der Waals surface area contributed by atoms with E-state index in [2.05, 4.69) is 34.6 Å². The second-order valence-electron chi connectivity index (χ2n) is 14.9. The Bertz CT molecular complexity index is 1030. The molecule has 218 valence electrons. The quantitative estimate of drug-likeness (QED) is 0.239. The second kappa shape index (κ2) is 10.8. The molecule has 4 aliphatic rings. The molecule has 0 radical (unpaired) electrons. The van der Waals surface area contributed by atoms with Gasteiger partial charge in [0.25, 0.3) is 0 Å². The topological polar surface area (TPSA) is 87.0 Å². The highest BCUT2D eigenvalue weighted by Gasteiger charge is 2.60. The Morgan fingerprint density at radius 3 is 2.26 bits per heavy atom. The van der Waals surface area contributed by atoms with Crippen LogP contribution in [0.15, 0.2) is 12.1 Å². The maximum Gasteiger partial charge on any atom is 0.338 e. The number of esters is 1. The van der Waals surface area contributed by atoms with E-state index in [-0.39, 0.29) is 11.7 Å². The van der Waals surface area contributed by atoms with Gasteiger partial charge < -0.3 is 20.1 Å². The third kappa shape index (κ3) is 5.17. The highest BCUT2D eigenvalue weighted by molar-refractivity contribution is 5.91. The largest absolute Gasteiger partial charge is 0.504 e. The first-order valence-electron chi connectivity index (χ1n) is 15.9. The van der Waals surface area contributed by atoms with Crippen molar-refractivity contribution in [3.8, 4) is 17.2 Å². The van der Waals surface area contributed by atoms with Crippen molar-refractivity contribution < 1.29 is 24.9 Å². The van der Waals surface area contributed by atoms with Crippen LogP contribution in [0.5, 0.6) is 17.2 Å². The molecule has 5 nitrogen and oxygen atoms in total. The third-order valence-electron chi connectivity index (χ3n) is 12.4. The van der Waals surface area contributed by atoms with Gasteiger partial charge in [0.2, 0.25) is 0 Å². The van der Waals surface area contributed by atoms with E-state index in [0.717, 1.165) is 66.9 Å². The van der Waals surface area contributed by atoms with Crippen LogP contribution >= 0.6 is 0 Å². The number of hydrogen-bond acceptors (Lipinski definition) is 5. The van der Waals surface area contributed by atoms with Gasteiger partial charge in [-0.2, -0.15) is 0 Å². The van der Waals surface area contributed by atoms with E-state index >= 15 is 0 Å². The minimum absolute atomic E-state index is 0.0700. The summed E-state index contributed by atoms with van der Waals surface area (Å²) in [7, 11) is 0. The lowest BCUT2D eigenvalue weighted by Gasteiger charge is -2.61. The normalized spacial score (nSPS) is 38.5. The molecule has 5 rings (SSSR count). The van der Waals surface area contributed by atoms with Crippen LogP contribution in [-0.2, 0) is 4.74 Å². The lowest BCUT2D eigenvalue weighted by molar-refractivity contribution is -0.130. The summed E-state index contributed by atoms with van der Waals surface area (Å²) in [6.07, 6.45) is 15.0. The Balaban J connectivity index is 1.22. The molecule has 3 N–H and O–H groups in total. The van der Waals surface area contributed by atoms with E-state index < -0.39 is 23.2 Å². The molecule has 0 aromatic heterocycles. The van der Waals surface area contributed by atoms with Gasteiger partial charge in [0.15, 0.2) is 17.2 Å². The van der Waals surface area contributed by atoms with Crippen LogP contribution < -0.4 is 0 Å². The Morgan fingerprint density at radius 1 is 0.897 bits per heavy atom. The molecule has 0 unspecified atom stereocenters. The zero-order chi connectivity index (χ0) is 28.1. The molecule has 0 spiro atoms. The Hall–Kier alpha value is -1.91. The summed E-state index contributed by atoms with van der Waals surface area (Å²) in [5.41, 5.74) is 0.902. The van der Waals surface area contributed by atoms with Crippen LogP contribution in [0.25, 0.3) is 0 Å². The van der Waals surface area contributed by atoms with E-state index in [1.165, 1.54) is 57.8 Å². The first-order chi connectivity index (χ1) is 18.4. The molecular weight excluding hydrogens is 488 g/mol. The van der Waals surface area contributed by atoms with Crippen molar-refractivity contribution in [3.63, 3.8) is 0 Å². The lowest BCUT2D eigenvalue weighted by Crippen LogP contribution is -2.54. The maximum atomic E-state index is 12.8. The smallest absolute Gasteiger partial charge is 0.338 e. The zero-order valence-corrected chi connectivity index (χ0v) is 24.9. The molecule has 1 aromatic rings. The predicted molar refractivity (Wildman–Crippen MR) is 154 cm³/mol. The number of phenols is 3. The third-order valence-corrected chi connectivity index (χ3v) is 12.4. The molecule has 4 saturated carbocycles. The Labute approximate surface area is 235 Å². The first kappa shape index (κ1) is 28.6. The fourth-order valence-corrected chi connectivity index (χ4v) is 10.3. The van der Waals surface area contributed by atoms with Crippen LogP contribution in [0.3, 0.4) is 0 Å². The molecule has 9 atom stereocenters. The van der Waals surface area contributed by atoms with E-state index in [0.29, 0.717) is 16.7 Å². The molecular formula is C34H52O5. The van der Waals surface area contributed by atoms with Gasteiger partial charge in [0.05, 0.1) is 5.56 Å². The van der Waals surface area contributed by atoms with Gasteiger partial charge in [-0.25, -0.2) is 4.79 Å². The average Bonchev–Trinajstić information content (AvgIpc) is 3.24. The summed E-state index contributed by atoms with van der Waals surface area (Å²) in [5, 5.41) is 29.2. The minimum atomic E-state index is -0.616. The van der Waals surface area contributed by atoms with Gasteiger partial charge >= 0.3 is 5.97 Å². The Kier molecular flexibility index (Phi) is 7.94. The number of phenolic OH excluding ortho intramolecular Hbond substituents is 3. The molecule has 4 aliphatic carbocycles. The van der Waals surface area contributed by atoms with Crippen molar-refractivity contribution >= 4 is 5.97 Å². The maximum absolute atomic E-state index is 12.8. The van der Waals surface area contributed by atoms with Crippen LogP contribution in [0.2, 0.25) is 0 Å². The second-order valence-corrected chi connectivity index (χ2v) is 14.9. The van der Waals surface area contributed by atoms with Gasteiger partial charge in [0.1, 0.15) is 6.10 Å². The monoisotopic (exact) mass is 540 g/mol. The standard InChI is InChI=1S/C34H52O5/c1-20(2)7-6-8-21(3)26-11-12-27-25-10-9-23-19-24(13-15-33(23,4)28(25)14-16-34(26,27)5)39-32(38)22-17-29(35)31(37)30(36)18-22/h17-18,20-21,23-28,35-37H,6-16,19H2,1-5H3/t21-,23+,24+,25+,26-,27+,28+,33+,34-/m1/s1. The number of hydrogen-bond donors (Lipinski definition) is 3. The van der Waals surface area contributed by atoms with Crippen LogP contribution in [0.1, 0.15) is 122 Å². The van der Waals surface area contributed by atoms with Crippen molar-refractivity contribution in [1.82, 2.24) is 0 Å². The number of benzene rings is 1. The zero-order valence-electron chi connectivity index (χ0n) is 24.9. The summed E-state index contributed by atoms with van der Waals surface area (Å²) < 4.78 is 5.89. The SMILES string of the molecule is CC(C)CCC[C@@H](C)[C@H]1CC[C@H]2[C@@H]3CC[C@H]4C[C@@H](OC(=O)c5cc(O)c(O)c(O)c5)CC[C@]4(C)[C@H]3CC[C@]12C. The molecule has 0 amide bonds. The molecule has 0 bridgehead atoms. The van der Waals surface area contributed by atoms with Gasteiger partial charge in [-0.15, -0.1) is 0 Å². The number of aromatic hydroxyl groups is 3. The van der Waals surface area contributed by atoms with E-state index in [1.807, 2.05) is 0 Å². The number of ether oxygens (including phenoxy) is 1. The number of fused-ring (bicyclic) bond motifs is 5. The van der Waals surface area contributed by atoms with E-state index in [1.54, 1.807) is 0 Å². The highest BCUT2D eigenvalue weighted by atomic mass is 16.5. The fraction of sp³-hybridized carbons (Fsp3) is 0.794. The molecule has 0 saturated heterocycles. The number of rotatable bonds is 7. The van der Waals surface area contributed by atoms with Gasteiger partial charge in [-0.1, -0.05) is 53.9 Å². The fourth-order valence-electron chi connectivity index (χ4n) is 10.3. The summed E-state index contributed by atoms with van der Waals surface area (Å²) in [4.78, 5) is 12.8. The van der Waals surface area contributed by atoms with Crippen molar-refractivity contribution in [1.29, 1.82) is 0 Å². The summed E-state index contributed by atoms with van der Waals surface area (Å²) >= 11 is 0.